The Hall–Kier alpha value is -2.36. The summed E-state index contributed by atoms with van der Waals surface area (Å²) in [5.41, 5.74) is 0. The van der Waals surface area contributed by atoms with E-state index in [0.717, 1.165) is 0 Å². The summed E-state index contributed by atoms with van der Waals surface area (Å²) in [6, 6.07) is 0. The molecular formula is C16H24O14. The zero-order valence-electron chi connectivity index (χ0n) is 15.8. The molecule has 0 aromatic heterocycles. The Morgan fingerprint density at radius 1 is 0.433 bits per heavy atom. The molecule has 1 aliphatic heterocycles. The minimum atomic E-state index is -1.79. The highest BCUT2D eigenvalue weighted by Gasteiger charge is 2.37. The molecule has 1 fully saturated rings. The molecule has 0 saturated carbocycles. The molecule has 0 aliphatic carbocycles. The molecule has 172 valence electrons. The van der Waals surface area contributed by atoms with Crippen LogP contribution in [-0.4, -0.2) is 122 Å². The monoisotopic (exact) mass is 440 g/mol. The summed E-state index contributed by atoms with van der Waals surface area (Å²) in [7, 11) is 0. The van der Waals surface area contributed by atoms with E-state index in [1.54, 1.807) is 0 Å². The number of aliphatic carboxylic acids is 4. The van der Waals surface area contributed by atoms with Crippen molar-refractivity contribution >= 4 is 23.9 Å². The average molecular weight is 440 g/mol. The van der Waals surface area contributed by atoms with Crippen LogP contribution in [0, 0.1) is 0 Å². The van der Waals surface area contributed by atoms with Crippen molar-refractivity contribution < 1.29 is 68.0 Å². The second-order valence-corrected chi connectivity index (χ2v) is 5.74. The van der Waals surface area contributed by atoms with Crippen LogP contribution in [0.3, 0.4) is 0 Å². The molecule has 1 aliphatic rings. The van der Waals surface area contributed by atoms with Crippen molar-refractivity contribution in [1.82, 2.24) is 0 Å². The summed E-state index contributed by atoms with van der Waals surface area (Å²) < 4.78 is 30.3. The van der Waals surface area contributed by atoms with Crippen molar-refractivity contribution in [3.05, 3.63) is 0 Å². The fourth-order valence-corrected chi connectivity index (χ4v) is 2.29. The molecule has 0 bridgehead atoms. The third-order valence-corrected chi connectivity index (χ3v) is 3.62. The molecule has 0 amide bonds. The number of hydrogen-bond donors (Lipinski definition) is 4. The third-order valence-electron chi connectivity index (χ3n) is 3.62. The van der Waals surface area contributed by atoms with Crippen LogP contribution in [0.2, 0.25) is 0 Å². The fraction of sp³-hybridized carbons (Fsp3) is 0.750. The maximum absolute atomic E-state index is 11.3. The highest BCUT2D eigenvalue weighted by atomic mass is 16.6. The van der Waals surface area contributed by atoms with Crippen molar-refractivity contribution in [2.75, 3.05) is 52.9 Å². The van der Waals surface area contributed by atoms with E-state index < -0.39 is 48.3 Å². The molecule has 4 atom stereocenters. The zero-order chi connectivity index (χ0) is 22.5. The number of ether oxygens (including phenoxy) is 6. The van der Waals surface area contributed by atoms with Gasteiger partial charge < -0.3 is 48.8 Å². The van der Waals surface area contributed by atoms with E-state index in [2.05, 4.69) is 0 Å². The van der Waals surface area contributed by atoms with E-state index in [9.17, 15) is 39.6 Å². The lowest BCUT2D eigenvalue weighted by atomic mass is 10.2. The van der Waals surface area contributed by atoms with Crippen LogP contribution in [0.25, 0.3) is 0 Å². The molecular weight excluding hydrogens is 416 g/mol. The van der Waals surface area contributed by atoms with E-state index in [1.165, 1.54) is 0 Å². The summed E-state index contributed by atoms with van der Waals surface area (Å²) in [6.07, 6.45) is -7.18. The minimum Gasteiger partial charge on any atom is -0.479 e. The number of carboxylic acid groups (broad SMARTS) is 4. The first kappa shape index (κ1) is 25.7. The Balaban J connectivity index is 2.77. The van der Waals surface area contributed by atoms with Gasteiger partial charge in [0.2, 0.25) is 0 Å². The van der Waals surface area contributed by atoms with Gasteiger partial charge in [0.15, 0.2) is 24.4 Å². The van der Waals surface area contributed by atoms with Crippen LogP contribution < -0.4 is 0 Å². The maximum Gasteiger partial charge on any atom is 0.336 e. The van der Waals surface area contributed by atoms with E-state index in [0.29, 0.717) is 0 Å². The Bertz CT molecular complexity index is 480. The van der Waals surface area contributed by atoms with Crippen LogP contribution in [-0.2, 0) is 47.6 Å². The molecule has 1 saturated heterocycles. The molecule has 0 aromatic rings. The van der Waals surface area contributed by atoms with Crippen molar-refractivity contribution in [3.8, 4) is 0 Å². The van der Waals surface area contributed by atoms with Gasteiger partial charge in [0.25, 0.3) is 0 Å². The van der Waals surface area contributed by atoms with E-state index in [1.807, 2.05) is 0 Å². The van der Waals surface area contributed by atoms with E-state index in [-0.39, 0.29) is 52.9 Å². The second kappa shape index (κ2) is 13.8. The number of carbonyl (C=O) groups is 4. The lowest BCUT2D eigenvalue weighted by Crippen LogP contribution is -2.45. The Kier molecular flexibility index (Phi) is 11.8. The van der Waals surface area contributed by atoms with Crippen LogP contribution in [0.5, 0.6) is 0 Å². The smallest absolute Gasteiger partial charge is 0.336 e. The fourth-order valence-electron chi connectivity index (χ4n) is 2.29. The van der Waals surface area contributed by atoms with Gasteiger partial charge in [-0.25, -0.2) is 19.2 Å². The largest absolute Gasteiger partial charge is 0.479 e. The average Bonchev–Trinajstić information content (AvgIpc) is 2.66. The molecule has 30 heavy (non-hydrogen) atoms. The lowest BCUT2D eigenvalue weighted by Gasteiger charge is -2.23. The Labute approximate surface area is 170 Å². The van der Waals surface area contributed by atoms with Gasteiger partial charge in [-0.2, -0.15) is 0 Å². The lowest BCUT2D eigenvalue weighted by molar-refractivity contribution is -0.183. The topological polar surface area (TPSA) is 205 Å². The SMILES string of the molecule is O=C(O)[C@H]1OCCOCCO[C@@H](C(=O)O)[C@@H](C(=O)O)OCCOCCO[C@H]1C(=O)O. The quantitative estimate of drug-likeness (QED) is 0.370. The van der Waals surface area contributed by atoms with Crippen LogP contribution in [0.1, 0.15) is 0 Å². The predicted molar refractivity (Wildman–Crippen MR) is 91.1 cm³/mol. The third kappa shape index (κ3) is 8.98. The van der Waals surface area contributed by atoms with Crippen LogP contribution >= 0.6 is 0 Å². The van der Waals surface area contributed by atoms with Crippen LogP contribution in [0.4, 0.5) is 0 Å². The summed E-state index contributed by atoms with van der Waals surface area (Å²) in [6.45, 7) is -1.88. The molecule has 0 spiro atoms. The highest BCUT2D eigenvalue weighted by Crippen LogP contribution is 2.08. The van der Waals surface area contributed by atoms with Crippen molar-refractivity contribution in [1.29, 1.82) is 0 Å². The Morgan fingerprint density at radius 2 is 0.633 bits per heavy atom. The maximum atomic E-state index is 11.3. The van der Waals surface area contributed by atoms with Gasteiger partial charge >= 0.3 is 23.9 Å². The number of carboxylic acids is 4. The summed E-state index contributed by atoms with van der Waals surface area (Å²) in [5, 5.41) is 36.7. The standard InChI is InChI=1S/C16H24O14/c17-13(18)9-10(14(19)20)29-7-3-26-4-8-30-12(16(23)24)11(15(21)22)28-6-2-25-1-5-27-9/h9-12H,1-8H2,(H,17,18)(H,19,20)(H,21,22)(H,23,24)/t9-,10+,11+,12-. The molecule has 14 heteroatoms. The van der Waals surface area contributed by atoms with Gasteiger partial charge in [0.05, 0.1) is 52.9 Å². The van der Waals surface area contributed by atoms with Gasteiger partial charge in [0.1, 0.15) is 0 Å². The predicted octanol–water partition coefficient (Wildman–Crippen LogP) is -2.09. The molecule has 1 heterocycles. The molecule has 14 nitrogen and oxygen atoms in total. The van der Waals surface area contributed by atoms with Gasteiger partial charge in [-0.3, -0.25) is 0 Å². The highest BCUT2D eigenvalue weighted by molar-refractivity contribution is 5.84. The van der Waals surface area contributed by atoms with E-state index in [4.69, 9.17) is 28.4 Å². The normalized spacial score (nSPS) is 28.5. The summed E-state index contributed by atoms with van der Waals surface area (Å²) in [5.74, 6) is -6.17. The number of hydrogen-bond acceptors (Lipinski definition) is 10. The first-order valence-corrected chi connectivity index (χ1v) is 8.78. The number of rotatable bonds is 4. The van der Waals surface area contributed by atoms with Crippen molar-refractivity contribution in [2.45, 2.75) is 24.4 Å². The molecule has 0 radical (unpaired) electrons. The molecule has 0 aromatic carbocycles. The van der Waals surface area contributed by atoms with Gasteiger partial charge in [-0.1, -0.05) is 0 Å². The Morgan fingerprint density at radius 3 is 0.800 bits per heavy atom. The summed E-state index contributed by atoms with van der Waals surface area (Å²) >= 11 is 0. The van der Waals surface area contributed by atoms with E-state index >= 15 is 0 Å². The molecule has 4 N–H and O–H groups in total. The van der Waals surface area contributed by atoms with Crippen LogP contribution in [0.15, 0.2) is 0 Å². The second-order valence-electron chi connectivity index (χ2n) is 5.74. The van der Waals surface area contributed by atoms with Crippen molar-refractivity contribution in [2.24, 2.45) is 0 Å². The first-order valence-electron chi connectivity index (χ1n) is 8.78. The van der Waals surface area contributed by atoms with Gasteiger partial charge in [-0.05, 0) is 0 Å². The molecule has 1 rings (SSSR count). The summed E-state index contributed by atoms with van der Waals surface area (Å²) in [4.78, 5) is 45.2. The first-order chi connectivity index (χ1) is 14.3. The zero-order valence-corrected chi connectivity index (χ0v) is 15.8. The van der Waals surface area contributed by atoms with Gasteiger partial charge in [0, 0.05) is 0 Å². The van der Waals surface area contributed by atoms with Crippen molar-refractivity contribution in [3.63, 3.8) is 0 Å². The minimum absolute atomic E-state index is 0.167. The molecule has 0 unspecified atom stereocenters. The van der Waals surface area contributed by atoms with Gasteiger partial charge in [-0.15, -0.1) is 0 Å².